The minimum atomic E-state index is -0.415. The molecule has 2 aromatic carbocycles. The van der Waals surface area contributed by atoms with Crippen LogP contribution in [-0.2, 0) is 0 Å². The lowest BCUT2D eigenvalue weighted by molar-refractivity contribution is 0.0857. The third-order valence-corrected chi connectivity index (χ3v) is 5.33. The topological polar surface area (TPSA) is 94.8 Å². The number of piperidine rings is 1. The maximum absolute atomic E-state index is 12.6. The number of Topliss-reactive ketones (excluding diaryl/α,β-unsaturated/α-hetero) is 1. The van der Waals surface area contributed by atoms with Gasteiger partial charge in [-0.3, -0.25) is 4.79 Å². The van der Waals surface area contributed by atoms with Gasteiger partial charge < -0.3 is 25.1 Å². The predicted molar refractivity (Wildman–Crippen MR) is 112 cm³/mol. The molecule has 0 atom stereocenters. The summed E-state index contributed by atoms with van der Waals surface area (Å²) in [7, 11) is 2.07. The summed E-state index contributed by atoms with van der Waals surface area (Å²) in [6, 6.07) is 11.6. The van der Waals surface area contributed by atoms with Crippen LogP contribution >= 0.6 is 0 Å². The molecule has 1 saturated heterocycles. The molecule has 0 radical (unpaired) electrons. The second-order valence-electron chi connectivity index (χ2n) is 7.43. The molecule has 7 heteroatoms. The van der Waals surface area contributed by atoms with Crippen LogP contribution in [0.5, 0.6) is 5.75 Å². The number of nitrogens with one attached hydrogen (secondary N) is 2. The van der Waals surface area contributed by atoms with Gasteiger partial charge in [0.15, 0.2) is 11.5 Å². The van der Waals surface area contributed by atoms with Crippen LogP contribution < -0.4 is 10.6 Å². The molecule has 1 aliphatic rings. The monoisotopic (exact) mass is 393 g/mol. The van der Waals surface area contributed by atoms with Crippen molar-refractivity contribution in [1.82, 2.24) is 4.90 Å². The first-order valence-electron chi connectivity index (χ1n) is 9.60. The van der Waals surface area contributed by atoms with Gasteiger partial charge in [-0.2, -0.15) is 0 Å². The minimum absolute atomic E-state index is 0.0222. The number of anilines is 2. The zero-order chi connectivity index (χ0) is 20.4. The summed E-state index contributed by atoms with van der Waals surface area (Å²) in [6.07, 6.45) is 3.02. The maximum Gasteiger partial charge on any atom is 0.323 e. The second-order valence-corrected chi connectivity index (χ2v) is 7.43. The van der Waals surface area contributed by atoms with E-state index in [1.54, 1.807) is 42.5 Å². The number of rotatable bonds is 4. The highest BCUT2D eigenvalue weighted by Crippen LogP contribution is 2.29. The standard InChI is InChI=1S/C22H23N3O4/c1-25-10-8-15(9-11-25)21(27)14-2-4-16(5-3-14)23-22(28)24-17-6-7-20-18(12-17)19(26)13-29-20/h2-7,12-13,15,26H,8-11H2,1H3,(H2,23,24,28). The molecule has 7 nitrogen and oxygen atoms in total. The smallest absolute Gasteiger partial charge is 0.323 e. The number of carbonyl (C=O) groups is 2. The molecule has 150 valence electrons. The Morgan fingerprint density at radius 2 is 1.69 bits per heavy atom. The van der Waals surface area contributed by atoms with Crippen molar-refractivity contribution in [1.29, 1.82) is 0 Å². The fourth-order valence-corrected chi connectivity index (χ4v) is 3.61. The molecule has 1 fully saturated rings. The van der Waals surface area contributed by atoms with Crippen LogP contribution in [0.4, 0.5) is 16.2 Å². The molecule has 0 unspecified atom stereocenters. The Balaban J connectivity index is 1.37. The van der Waals surface area contributed by atoms with Crippen molar-refractivity contribution in [2.45, 2.75) is 12.8 Å². The number of carbonyl (C=O) groups excluding carboxylic acids is 2. The van der Waals surface area contributed by atoms with Crippen LogP contribution in [0.25, 0.3) is 11.0 Å². The SMILES string of the molecule is CN1CCC(C(=O)c2ccc(NC(=O)Nc3ccc4occ(O)c4c3)cc2)CC1. The maximum atomic E-state index is 12.6. The van der Waals surface area contributed by atoms with E-state index >= 15 is 0 Å². The number of hydrogen-bond donors (Lipinski definition) is 3. The van der Waals surface area contributed by atoms with E-state index in [1.165, 1.54) is 6.26 Å². The average molecular weight is 393 g/mol. The fraction of sp³-hybridized carbons (Fsp3) is 0.273. The Morgan fingerprint density at radius 1 is 1.03 bits per heavy atom. The lowest BCUT2D eigenvalue weighted by atomic mass is 9.89. The van der Waals surface area contributed by atoms with Gasteiger partial charge in [0, 0.05) is 22.9 Å². The molecule has 29 heavy (non-hydrogen) atoms. The van der Waals surface area contributed by atoms with Crippen molar-refractivity contribution in [2.24, 2.45) is 5.92 Å². The Kier molecular flexibility index (Phi) is 5.22. The van der Waals surface area contributed by atoms with E-state index in [1.807, 2.05) is 0 Å². The zero-order valence-corrected chi connectivity index (χ0v) is 16.1. The van der Waals surface area contributed by atoms with E-state index < -0.39 is 6.03 Å². The third-order valence-electron chi connectivity index (χ3n) is 5.33. The number of nitrogens with zero attached hydrogens (tertiary/aromatic N) is 1. The van der Waals surface area contributed by atoms with E-state index in [4.69, 9.17) is 4.42 Å². The van der Waals surface area contributed by atoms with Crippen LogP contribution in [0.15, 0.2) is 53.1 Å². The zero-order valence-electron chi connectivity index (χ0n) is 16.1. The number of furan rings is 1. The molecule has 1 aliphatic heterocycles. The molecule has 0 saturated carbocycles. The predicted octanol–water partition coefficient (Wildman–Crippen LogP) is 4.31. The average Bonchev–Trinajstić information content (AvgIpc) is 3.09. The van der Waals surface area contributed by atoms with Crippen molar-refractivity contribution in [3.63, 3.8) is 0 Å². The first kappa shape index (κ1) is 19.0. The first-order chi connectivity index (χ1) is 14.0. The fourth-order valence-electron chi connectivity index (χ4n) is 3.61. The van der Waals surface area contributed by atoms with Crippen LogP contribution in [-0.4, -0.2) is 42.0 Å². The number of benzene rings is 2. The lowest BCUT2D eigenvalue weighted by Gasteiger charge is -2.28. The van der Waals surface area contributed by atoms with Gasteiger partial charge in [0.05, 0.1) is 5.39 Å². The number of aromatic hydroxyl groups is 1. The number of fused-ring (bicyclic) bond motifs is 1. The lowest BCUT2D eigenvalue weighted by Crippen LogP contribution is -2.33. The summed E-state index contributed by atoms with van der Waals surface area (Å²) in [5.74, 6) is 0.263. The second kappa shape index (κ2) is 7.97. The minimum Gasteiger partial charge on any atom is -0.504 e. The van der Waals surface area contributed by atoms with Crippen LogP contribution in [0, 0.1) is 5.92 Å². The third kappa shape index (κ3) is 4.25. The summed E-state index contributed by atoms with van der Waals surface area (Å²) in [6.45, 7) is 1.89. The van der Waals surface area contributed by atoms with E-state index in [-0.39, 0.29) is 17.5 Å². The highest BCUT2D eigenvalue weighted by molar-refractivity contribution is 6.02. The van der Waals surface area contributed by atoms with Gasteiger partial charge in [-0.15, -0.1) is 0 Å². The van der Waals surface area contributed by atoms with E-state index in [2.05, 4.69) is 22.6 Å². The van der Waals surface area contributed by atoms with Gasteiger partial charge in [0.25, 0.3) is 0 Å². The van der Waals surface area contributed by atoms with Gasteiger partial charge in [-0.05, 0) is 75.4 Å². The summed E-state index contributed by atoms with van der Waals surface area (Å²) >= 11 is 0. The molecule has 4 rings (SSSR count). The van der Waals surface area contributed by atoms with E-state index in [0.717, 1.165) is 25.9 Å². The van der Waals surface area contributed by atoms with E-state index in [9.17, 15) is 14.7 Å². The number of likely N-dealkylation sites (tertiary alicyclic amines) is 1. The Morgan fingerprint density at radius 3 is 2.41 bits per heavy atom. The van der Waals surface area contributed by atoms with Crippen LogP contribution in [0.2, 0.25) is 0 Å². The summed E-state index contributed by atoms with van der Waals surface area (Å²) in [4.78, 5) is 27.1. The quantitative estimate of drug-likeness (QED) is 0.574. The van der Waals surface area contributed by atoms with E-state index in [0.29, 0.717) is 27.9 Å². The molecule has 0 spiro atoms. The normalized spacial score (nSPS) is 15.3. The van der Waals surface area contributed by atoms with Crippen molar-refractivity contribution < 1.29 is 19.1 Å². The molecule has 1 aromatic heterocycles. The van der Waals surface area contributed by atoms with Crippen molar-refractivity contribution >= 4 is 34.2 Å². The largest absolute Gasteiger partial charge is 0.504 e. The molecule has 0 bridgehead atoms. The summed E-state index contributed by atoms with van der Waals surface area (Å²) in [5, 5.41) is 15.7. The molecular weight excluding hydrogens is 370 g/mol. The van der Waals surface area contributed by atoms with Gasteiger partial charge in [-0.1, -0.05) is 0 Å². The number of amides is 2. The van der Waals surface area contributed by atoms with Crippen LogP contribution in [0.3, 0.4) is 0 Å². The molecule has 3 N–H and O–H groups in total. The Bertz CT molecular complexity index is 1030. The molecule has 3 aromatic rings. The molecule has 0 aliphatic carbocycles. The number of hydrogen-bond acceptors (Lipinski definition) is 5. The summed E-state index contributed by atoms with van der Waals surface area (Å²) < 4.78 is 5.18. The number of ketones is 1. The van der Waals surface area contributed by atoms with Crippen molar-refractivity contribution in [2.75, 3.05) is 30.8 Å². The molecule has 2 amide bonds. The van der Waals surface area contributed by atoms with Gasteiger partial charge in [-0.25, -0.2) is 4.79 Å². The highest BCUT2D eigenvalue weighted by atomic mass is 16.4. The van der Waals surface area contributed by atoms with Gasteiger partial charge in [0.1, 0.15) is 11.8 Å². The highest BCUT2D eigenvalue weighted by Gasteiger charge is 2.24. The van der Waals surface area contributed by atoms with Gasteiger partial charge in [0.2, 0.25) is 0 Å². The van der Waals surface area contributed by atoms with Crippen molar-refractivity contribution in [3.8, 4) is 5.75 Å². The Hall–Kier alpha value is -3.32. The summed E-state index contributed by atoms with van der Waals surface area (Å²) in [5.41, 5.74) is 2.33. The molecular formula is C22H23N3O4. The Labute approximate surface area is 168 Å². The number of urea groups is 1. The van der Waals surface area contributed by atoms with Crippen LogP contribution in [0.1, 0.15) is 23.2 Å². The molecule has 2 heterocycles. The van der Waals surface area contributed by atoms with Gasteiger partial charge >= 0.3 is 6.03 Å². The first-order valence-corrected chi connectivity index (χ1v) is 9.60. The van der Waals surface area contributed by atoms with Crippen molar-refractivity contribution in [3.05, 3.63) is 54.3 Å².